The Kier molecular flexibility index (Phi) is 4.01. The van der Waals surface area contributed by atoms with E-state index in [1.807, 2.05) is 13.0 Å². The molecule has 0 aromatic heterocycles. The van der Waals surface area contributed by atoms with Crippen molar-refractivity contribution in [1.29, 1.82) is 0 Å². The fourth-order valence-electron chi connectivity index (χ4n) is 2.04. The van der Waals surface area contributed by atoms with Crippen molar-refractivity contribution in [2.24, 2.45) is 5.73 Å². The van der Waals surface area contributed by atoms with E-state index >= 15 is 0 Å². The van der Waals surface area contributed by atoms with Gasteiger partial charge in [0.1, 0.15) is 0 Å². The topological polar surface area (TPSA) is 72.6 Å². The monoisotopic (exact) mass is 270 g/mol. The van der Waals surface area contributed by atoms with Crippen molar-refractivity contribution in [1.82, 2.24) is 4.31 Å². The van der Waals surface area contributed by atoms with Gasteiger partial charge in [-0.2, -0.15) is 4.31 Å². The zero-order valence-corrected chi connectivity index (χ0v) is 11.2. The Morgan fingerprint density at radius 3 is 2.94 bits per heavy atom. The Hall–Kier alpha value is -0.950. The van der Waals surface area contributed by atoms with Gasteiger partial charge in [0, 0.05) is 19.1 Å². The number of hydrogen-bond acceptors (Lipinski definition) is 4. The second kappa shape index (κ2) is 5.36. The van der Waals surface area contributed by atoms with Crippen molar-refractivity contribution < 1.29 is 13.2 Å². The van der Waals surface area contributed by atoms with Crippen LogP contribution < -0.4 is 5.73 Å². The normalized spacial score (nSPS) is 22.0. The van der Waals surface area contributed by atoms with E-state index in [1.165, 1.54) is 4.31 Å². The first-order valence-electron chi connectivity index (χ1n) is 5.94. The van der Waals surface area contributed by atoms with Crippen LogP contribution >= 0.6 is 0 Å². The summed E-state index contributed by atoms with van der Waals surface area (Å²) in [6.45, 7) is 3.47. The van der Waals surface area contributed by atoms with Gasteiger partial charge in [-0.05, 0) is 24.6 Å². The molecule has 5 nitrogen and oxygen atoms in total. The van der Waals surface area contributed by atoms with Gasteiger partial charge in [-0.15, -0.1) is 0 Å². The van der Waals surface area contributed by atoms with Crippen molar-refractivity contribution in [3.05, 3.63) is 29.8 Å². The van der Waals surface area contributed by atoms with Crippen LogP contribution in [-0.4, -0.2) is 38.5 Å². The molecule has 1 aliphatic heterocycles. The summed E-state index contributed by atoms with van der Waals surface area (Å²) in [5.41, 5.74) is 6.36. The summed E-state index contributed by atoms with van der Waals surface area (Å²) < 4.78 is 31.7. The summed E-state index contributed by atoms with van der Waals surface area (Å²) in [5.74, 6) is 0. The number of morpholine rings is 1. The first-order valence-corrected chi connectivity index (χ1v) is 7.38. The summed E-state index contributed by atoms with van der Waals surface area (Å²) in [4.78, 5) is 0.305. The third-order valence-corrected chi connectivity index (χ3v) is 5.06. The Labute approximate surface area is 108 Å². The highest BCUT2D eigenvalue weighted by molar-refractivity contribution is 7.89. The molecule has 1 aromatic carbocycles. The predicted molar refractivity (Wildman–Crippen MR) is 68.5 cm³/mol. The number of hydrogen-bond donors (Lipinski definition) is 1. The van der Waals surface area contributed by atoms with Gasteiger partial charge in [0.2, 0.25) is 10.0 Å². The predicted octanol–water partition coefficient (Wildman–Crippen LogP) is 0.555. The van der Waals surface area contributed by atoms with E-state index in [-0.39, 0.29) is 6.04 Å². The molecule has 0 radical (unpaired) electrons. The average molecular weight is 270 g/mol. The van der Waals surface area contributed by atoms with Crippen LogP contribution in [0.2, 0.25) is 0 Å². The maximum absolute atomic E-state index is 12.5. The van der Waals surface area contributed by atoms with Crippen LogP contribution in [0.15, 0.2) is 29.2 Å². The molecule has 1 saturated heterocycles. The second-order valence-corrected chi connectivity index (χ2v) is 6.28. The van der Waals surface area contributed by atoms with E-state index in [0.29, 0.717) is 31.2 Å². The maximum atomic E-state index is 12.5. The zero-order chi connectivity index (χ0) is 13.2. The molecule has 1 unspecified atom stereocenters. The Morgan fingerprint density at radius 1 is 1.50 bits per heavy atom. The number of nitrogens with two attached hydrogens (primary N) is 1. The van der Waals surface area contributed by atoms with Gasteiger partial charge in [-0.25, -0.2) is 8.42 Å². The summed E-state index contributed by atoms with van der Waals surface area (Å²) >= 11 is 0. The minimum Gasteiger partial charge on any atom is -0.378 e. The molecule has 0 bridgehead atoms. The molecule has 1 aromatic rings. The zero-order valence-electron chi connectivity index (χ0n) is 10.4. The van der Waals surface area contributed by atoms with Crippen molar-refractivity contribution in [3.63, 3.8) is 0 Å². The largest absolute Gasteiger partial charge is 0.378 e. The Morgan fingerprint density at radius 2 is 2.28 bits per heavy atom. The molecule has 0 spiro atoms. The van der Waals surface area contributed by atoms with Crippen LogP contribution in [-0.2, 0) is 21.3 Å². The molecule has 0 saturated carbocycles. The van der Waals surface area contributed by atoms with Gasteiger partial charge < -0.3 is 10.5 Å². The van der Waals surface area contributed by atoms with E-state index < -0.39 is 10.0 Å². The molecule has 1 aliphatic rings. The molecule has 2 rings (SSSR count). The van der Waals surface area contributed by atoms with Crippen molar-refractivity contribution in [2.45, 2.75) is 24.4 Å². The minimum atomic E-state index is -3.45. The third kappa shape index (κ3) is 2.56. The standard InChI is InChI=1S/C12H18N2O3S/c1-10-9-17-6-5-14(10)18(15,16)12-4-2-3-11(7-12)8-13/h2-4,7,10H,5-6,8-9,13H2,1H3. The number of sulfonamides is 1. The van der Waals surface area contributed by atoms with Gasteiger partial charge in [-0.3, -0.25) is 0 Å². The molecular weight excluding hydrogens is 252 g/mol. The number of ether oxygens (including phenoxy) is 1. The second-order valence-electron chi connectivity index (χ2n) is 4.39. The highest BCUT2D eigenvalue weighted by atomic mass is 32.2. The van der Waals surface area contributed by atoms with Crippen molar-refractivity contribution in [3.8, 4) is 0 Å². The molecule has 100 valence electrons. The molecule has 1 fully saturated rings. The van der Waals surface area contributed by atoms with Gasteiger partial charge in [-0.1, -0.05) is 12.1 Å². The third-order valence-electron chi connectivity index (χ3n) is 3.05. The summed E-state index contributed by atoms with van der Waals surface area (Å²) in [6, 6.07) is 6.65. The average Bonchev–Trinajstić information content (AvgIpc) is 2.39. The quantitative estimate of drug-likeness (QED) is 0.871. The lowest BCUT2D eigenvalue weighted by Gasteiger charge is -2.32. The SMILES string of the molecule is CC1COCCN1S(=O)(=O)c1cccc(CN)c1. The summed E-state index contributed by atoms with van der Waals surface area (Å²) in [7, 11) is -3.45. The van der Waals surface area contributed by atoms with Gasteiger partial charge in [0.15, 0.2) is 0 Å². The molecule has 0 aliphatic carbocycles. The van der Waals surface area contributed by atoms with Gasteiger partial charge in [0.05, 0.1) is 18.1 Å². The number of rotatable bonds is 3. The van der Waals surface area contributed by atoms with Crippen LogP contribution in [0.1, 0.15) is 12.5 Å². The summed E-state index contributed by atoms with van der Waals surface area (Å²) in [5, 5.41) is 0. The number of nitrogens with zero attached hydrogens (tertiary/aromatic N) is 1. The smallest absolute Gasteiger partial charge is 0.243 e. The fraction of sp³-hybridized carbons (Fsp3) is 0.500. The highest BCUT2D eigenvalue weighted by Gasteiger charge is 2.31. The lowest BCUT2D eigenvalue weighted by Crippen LogP contribution is -2.46. The first-order chi connectivity index (χ1) is 8.55. The lowest BCUT2D eigenvalue weighted by atomic mass is 10.2. The van der Waals surface area contributed by atoms with Crippen LogP contribution in [0.25, 0.3) is 0 Å². The van der Waals surface area contributed by atoms with Crippen molar-refractivity contribution in [2.75, 3.05) is 19.8 Å². The van der Waals surface area contributed by atoms with E-state index in [0.717, 1.165) is 5.56 Å². The molecule has 18 heavy (non-hydrogen) atoms. The molecule has 2 N–H and O–H groups in total. The van der Waals surface area contributed by atoms with Crippen LogP contribution in [0.5, 0.6) is 0 Å². The lowest BCUT2D eigenvalue weighted by molar-refractivity contribution is 0.0393. The maximum Gasteiger partial charge on any atom is 0.243 e. The minimum absolute atomic E-state index is 0.134. The van der Waals surface area contributed by atoms with Crippen LogP contribution in [0, 0.1) is 0 Å². The highest BCUT2D eigenvalue weighted by Crippen LogP contribution is 2.21. The molecule has 1 atom stereocenters. The first kappa shape index (κ1) is 13.5. The molecule has 1 heterocycles. The fourth-order valence-corrected chi connectivity index (χ4v) is 3.71. The molecule has 0 amide bonds. The van der Waals surface area contributed by atoms with Crippen LogP contribution in [0.4, 0.5) is 0 Å². The molecule has 6 heteroatoms. The number of benzene rings is 1. The molecular formula is C12H18N2O3S. The van der Waals surface area contributed by atoms with Gasteiger partial charge >= 0.3 is 0 Å². The van der Waals surface area contributed by atoms with E-state index in [4.69, 9.17) is 10.5 Å². The van der Waals surface area contributed by atoms with E-state index in [9.17, 15) is 8.42 Å². The van der Waals surface area contributed by atoms with E-state index in [2.05, 4.69) is 0 Å². The summed E-state index contributed by atoms with van der Waals surface area (Å²) in [6.07, 6.45) is 0. The van der Waals surface area contributed by atoms with E-state index in [1.54, 1.807) is 18.2 Å². The van der Waals surface area contributed by atoms with Crippen LogP contribution in [0.3, 0.4) is 0 Å². The van der Waals surface area contributed by atoms with Gasteiger partial charge in [0.25, 0.3) is 0 Å². The Bertz CT molecular complexity index is 516. The Balaban J connectivity index is 2.34. The van der Waals surface area contributed by atoms with Crippen molar-refractivity contribution >= 4 is 10.0 Å².